The second-order valence-corrected chi connectivity index (χ2v) is 13.4. The van der Waals surface area contributed by atoms with E-state index in [2.05, 4.69) is 170 Å². The van der Waals surface area contributed by atoms with Crippen LogP contribution in [0, 0.1) is 12.3 Å². The summed E-state index contributed by atoms with van der Waals surface area (Å²) in [6.45, 7) is 0.698. The first-order valence-corrected chi connectivity index (χ1v) is 18.4. The molecule has 0 aliphatic heterocycles. The monoisotopic (exact) mass is 672 g/mol. The van der Waals surface area contributed by atoms with E-state index in [0.29, 0.717) is 6.61 Å². The summed E-state index contributed by atoms with van der Waals surface area (Å²) in [4.78, 5) is 0. The molecule has 7 aromatic carbocycles. The van der Waals surface area contributed by atoms with E-state index < -0.39 is 0 Å². The van der Waals surface area contributed by atoms with Gasteiger partial charge in [-0.25, -0.2) is 0 Å². The summed E-state index contributed by atoms with van der Waals surface area (Å²) in [5.41, 5.74) is 11.8. The van der Waals surface area contributed by atoms with Gasteiger partial charge in [0.2, 0.25) is 0 Å². The van der Waals surface area contributed by atoms with E-state index in [4.69, 9.17) is 11.2 Å². The van der Waals surface area contributed by atoms with Gasteiger partial charge in [0.05, 0.1) is 6.61 Å². The smallest absolute Gasteiger partial charge is 0.119 e. The van der Waals surface area contributed by atoms with Gasteiger partial charge in [-0.3, -0.25) is 0 Å². The Balaban J connectivity index is 1.21. The van der Waals surface area contributed by atoms with Crippen LogP contribution in [0.5, 0.6) is 5.75 Å². The highest BCUT2D eigenvalue weighted by molar-refractivity contribution is 5.68. The van der Waals surface area contributed by atoms with Crippen molar-refractivity contribution in [2.45, 2.75) is 37.5 Å². The van der Waals surface area contributed by atoms with E-state index in [-0.39, 0.29) is 5.41 Å². The maximum atomic E-state index is 6.04. The first-order valence-electron chi connectivity index (χ1n) is 18.4. The minimum Gasteiger partial charge on any atom is -0.494 e. The number of hydrogen-bond donors (Lipinski definition) is 0. The largest absolute Gasteiger partial charge is 0.494 e. The summed E-state index contributed by atoms with van der Waals surface area (Å²) in [6.07, 6.45) is 10.8. The van der Waals surface area contributed by atoms with Crippen molar-refractivity contribution in [2.24, 2.45) is 0 Å². The van der Waals surface area contributed by atoms with E-state index in [1.165, 1.54) is 50.1 Å². The lowest BCUT2D eigenvalue weighted by Crippen LogP contribution is -2.29. The van der Waals surface area contributed by atoms with Crippen LogP contribution in [0.4, 0.5) is 0 Å². The molecular weight excluding hydrogens is 629 g/mol. The summed E-state index contributed by atoms with van der Waals surface area (Å²) in [5.74, 6) is 3.54. The molecule has 0 amide bonds. The van der Waals surface area contributed by atoms with Crippen molar-refractivity contribution in [2.75, 3.05) is 6.61 Å². The first kappa shape index (κ1) is 34.4. The zero-order valence-electron chi connectivity index (χ0n) is 29.6. The first-order chi connectivity index (χ1) is 25.7. The van der Waals surface area contributed by atoms with Crippen molar-refractivity contribution in [3.8, 4) is 51.5 Å². The van der Waals surface area contributed by atoms with E-state index in [1.54, 1.807) is 0 Å². The molecule has 1 nitrogen and oxygen atoms in total. The molecule has 0 heterocycles. The molecule has 0 N–H and O–H groups in total. The van der Waals surface area contributed by atoms with Gasteiger partial charge in [-0.2, -0.15) is 0 Å². The van der Waals surface area contributed by atoms with Crippen LogP contribution in [0.15, 0.2) is 188 Å². The molecule has 52 heavy (non-hydrogen) atoms. The van der Waals surface area contributed by atoms with Gasteiger partial charge >= 0.3 is 0 Å². The molecule has 0 aliphatic rings. The Morgan fingerprint density at radius 1 is 0.385 bits per heavy atom. The zero-order valence-corrected chi connectivity index (χ0v) is 29.6. The van der Waals surface area contributed by atoms with Crippen LogP contribution >= 0.6 is 0 Å². The third kappa shape index (κ3) is 7.94. The fourth-order valence-electron chi connectivity index (χ4n) is 7.35. The highest BCUT2D eigenvalue weighted by atomic mass is 16.5. The summed E-state index contributed by atoms with van der Waals surface area (Å²) >= 11 is 0. The molecule has 0 aliphatic carbocycles. The maximum absolute atomic E-state index is 6.04. The van der Waals surface area contributed by atoms with Crippen molar-refractivity contribution in [1.29, 1.82) is 0 Å². The molecule has 0 radical (unpaired) electrons. The van der Waals surface area contributed by atoms with Gasteiger partial charge in [0.25, 0.3) is 0 Å². The summed E-state index contributed by atoms with van der Waals surface area (Å²) < 4.78 is 6.04. The van der Waals surface area contributed by atoms with Crippen molar-refractivity contribution in [1.82, 2.24) is 0 Å². The SMILES string of the molecule is C#Cc1ccc(OCCCCCCC(c2ccc(-c3ccccc3)cc2)(c2ccc(-c3ccccc3)cc2)c2ccc(-c3ccccc3)cc2)cc1. The molecular formula is C51H44O. The Kier molecular flexibility index (Phi) is 11.1. The molecule has 7 rings (SSSR count). The summed E-state index contributed by atoms with van der Waals surface area (Å²) in [5, 5.41) is 0. The topological polar surface area (TPSA) is 9.23 Å². The third-order valence-electron chi connectivity index (χ3n) is 10.2. The molecule has 0 spiro atoms. The Hall–Kier alpha value is -6.10. The number of ether oxygens (including phenoxy) is 1. The van der Waals surface area contributed by atoms with Crippen LogP contribution < -0.4 is 4.74 Å². The maximum Gasteiger partial charge on any atom is 0.119 e. The van der Waals surface area contributed by atoms with Crippen LogP contribution in [0.25, 0.3) is 33.4 Å². The Morgan fingerprint density at radius 2 is 0.750 bits per heavy atom. The van der Waals surface area contributed by atoms with Crippen LogP contribution in [0.2, 0.25) is 0 Å². The lowest BCUT2D eigenvalue weighted by molar-refractivity contribution is 0.303. The lowest BCUT2D eigenvalue weighted by atomic mass is 9.66. The average molecular weight is 673 g/mol. The molecule has 0 aromatic heterocycles. The van der Waals surface area contributed by atoms with Gasteiger partial charge < -0.3 is 4.74 Å². The fraction of sp³-hybridized carbons (Fsp3) is 0.137. The molecule has 0 atom stereocenters. The van der Waals surface area contributed by atoms with Crippen molar-refractivity contribution in [3.63, 3.8) is 0 Å². The van der Waals surface area contributed by atoms with E-state index in [0.717, 1.165) is 43.4 Å². The molecule has 0 fully saturated rings. The number of benzene rings is 7. The molecule has 7 aromatic rings. The molecule has 0 unspecified atom stereocenters. The standard InChI is InChI=1S/C51H44O/c1-2-40-22-36-50(37-23-40)52-39-15-4-3-14-38-51(47-30-24-44(25-31-47)41-16-8-5-9-17-41,48-32-26-45(27-33-48)42-18-10-6-11-19-42)49-34-28-46(29-35-49)43-20-12-7-13-21-43/h1,5-13,16-37H,3-4,14-15,38-39H2. The van der Waals surface area contributed by atoms with Crippen molar-refractivity contribution >= 4 is 0 Å². The number of hydrogen-bond acceptors (Lipinski definition) is 1. The van der Waals surface area contributed by atoms with Crippen LogP contribution in [-0.4, -0.2) is 6.61 Å². The second-order valence-electron chi connectivity index (χ2n) is 13.4. The van der Waals surface area contributed by atoms with Crippen LogP contribution in [-0.2, 0) is 5.41 Å². The van der Waals surface area contributed by atoms with Gasteiger partial charge in [-0.1, -0.05) is 189 Å². The Labute approximate surface area is 309 Å². The minimum atomic E-state index is -0.338. The summed E-state index contributed by atoms with van der Waals surface area (Å²) in [6, 6.07) is 67.7. The van der Waals surface area contributed by atoms with Gasteiger partial charge in [0.1, 0.15) is 5.75 Å². The molecule has 0 saturated carbocycles. The highest BCUT2D eigenvalue weighted by Crippen LogP contribution is 2.45. The average Bonchev–Trinajstić information content (AvgIpc) is 3.23. The third-order valence-corrected chi connectivity index (χ3v) is 10.2. The van der Waals surface area contributed by atoms with Gasteiger partial charge in [0.15, 0.2) is 0 Å². The number of rotatable bonds is 14. The normalized spacial score (nSPS) is 11.1. The van der Waals surface area contributed by atoms with Gasteiger partial charge in [-0.05, 0) is 87.2 Å². The van der Waals surface area contributed by atoms with Gasteiger partial charge in [0, 0.05) is 11.0 Å². The molecule has 0 saturated heterocycles. The van der Waals surface area contributed by atoms with E-state index >= 15 is 0 Å². The van der Waals surface area contributed by atoms with Crippen molar-refractivity contribution < 1.29 is 4.74 Å². The fourth-order valence-corrected chi connectivity index (χ4v) is 7.35. The molecule has 0 bridgehead atoms. The molecule has 1 heteroatoms. The Bertz CT molecular complexity index is 1960. The van der Waals surface area contributed by atoms with Crippen LogP contribution in [0.3, 0.4) is 0 Å². The van der Waals surface area contributed by atoms with Crippen molar-refractivity contribution in [3.05, 3.63) is 210 Å². The number of terminal acetylenes is 1. The van der Waals surface area contributed by atoms with Gasteiger partial charge in [-0.15, -0.1) is 6.42 Å². The minimum absolute atomic E-state index is 0.338. The lowest BCUT2D eigenvalue weighted by Gasteiger charge is -2.37. The zero-order chi connectivity index (χ0) is 35.4. The van der Waals surface area contributed by atoms with E-state index in [9.17, 15) is 0 Å². The quantitative estimate of drug-likeness (QED) is 0.0635. The predicted octanol–water partition coefficient (Wildman–Crippen LogP) is 13.0. The van der Waals surface area contributed by atoms with E-state index in [1.807, 2.05) is 24.3 Å². The van der Waals surface area contributed by atoms with Crippen LogP contribution in [0.1, 0.15) is 54.4 Å². The predicted molar refractivity (Wildman–Crippen MR) is 218 cm³/mol. The highest BCUT2D eigenvalue weighted by Gasteiger charge is 2.36. The molecule has 254 valence electrons. The number of unbranched alkanes of at least 4 members (excludes halogenated alkanes) is 3. The Morgan fingerprint density at radius 3 is 1.13 bits per heavy atom. The summed E-state index contributed by atoms with van der Waals surface area (Å²) in [7, 11) is 0. The second kappa shape index (κ2) is 16.7.